The van der Waals surface area contributed by atoms with Crippen molar-refractivity contribution in [1.29, 1.82) is 0 Å². The number of nitrogens with two attached hydrogens (primary N) is 1. The van der Waals surface area contributed by atoms with Gasteiger partial charge in [0, 0.05) is 57.2 Å². The lowest BCUT2D eigenvalue weighted by molar-refractivity contribution is 0.0804. The summed E-state index contributed by atoms with van der Waals surface area (Å²) in [5.41, 5.74) is 7.52. The Morgan fingerprint density at radius 1 is 1.10 bits per heavy atom. The third-order valence-corrected chi connectivity index (χ3v) is 3.97. The molecule has 1 aliphatic heterocycles. The molecule has 1 aromatic heterocycles. The number of hydrogen-bond acceptors (Lipinski definition) is 4. The molecule has 0 radical (unpaired) electrons. The van der Waals surface area contributed by atoms with E-state index >= 15 is 0 Å². The molecule has 4 heteroatoms. The van der Waals surface area contributed by atoms with Gasteiger partial charge < -0.3 is 10.6 Å². The summed E-state index contributed by atoms with van der Waals surface area (Å²) < 4.78 is 0. The lowest BCUT2D eigenvalue weighted by atomic mass is 9.99. The summed E-state index contributed by atoms with van der Waals surface area (Å²) >= 11 is 0. The van der Waals surface area contributed by atoms with Crippen molar-refractivity contribution in [2.75, 3.05) is 32.7 Å². The number of pyridine rings is 1. The van der Waals surface area contributed by atoms with Crippen molar-refractivity contribution in [3.63, 3.8) is 0 Å². The molecule has 1 aliphatic rings. The van der Waals surface area contributed by atoms with Crippen LogP contribution in [0.1, 0.15) is 32.4 Å². The Kier molecular flexibility index (Phi) is 5.52. The average Bonchev–Trinajstić information content (AvgIpc) is 2.41. The van der Waals surface area contributed by atoms with Gasteiger partial charge in [-0.3, -0.25) is 9.88 Å². The number of hydrogen-bond donors (Lipinski definition) is 1. The Bertz CT molecular complexity index is 383. The molecule has 0 bridgehead atoms. The first-order chi connectivity index (χ1) is 9.58. The van der Waals surface area contributed by atoms with Crippen molar-refractivity contribution in [1.82, 2.24) is 14.8 Å². The van der Waals surface area contributed by atoms with Gasteiger partial charge in [-0.2, -0.15) is 0 Å². The van der Waals surface area contributed by atoms with E-state index in [1.807, 2.05) is 12.4 Å². The summed E-state index contributed by atoms with van der Waals surface area (Å²) in [6.07, 6.45) is 3.72. The molecule has 2 N–H and O–H groups in total. The molecule has 2 atom stereocenters. The predicted molar refractivity (Wildman–Crippen MR) is 83.5 cm³/mol. The maximum atomic E-state index is 6.24. The fourth-order valence-electron chi connectivity index (χ4n) is 3.15. The van der Waals surface area contributed by atoms with Crippen molar-refractivity contribution in [2.24, 2.45) is 11.7 Å². The highest BCUT2D eigenvalue weighted by Gasteiger charge is 2.27. The van der Waals surface area contributed by atoms with Crippen LogP contribution in [-0.2, 0) is 0 Å². The van der Waals surface area contributed by atoms with Gasteiger partial charge in [-0.05, 0) is 30.5 Å². The van der Waals surface area contributed by atoms with Gasteiger partial charge in [-0.15, -0.1) is 0 Å². The van der Waals surface area contributed by atoms with Gasteiger partial charge in [0.25, 0.3) is 0 Å². The summed E-state index contributed by atoms with van der Waals surface area (Å²) in [4.78, 5) is 9.20. The lowest BCUT2D eigenvalue weighted by Gasteiger charge is -2.41. The summed E-state index contributed by atoms with van der Waals surface area (Å²) in [6, 6.07) is 4.62. The monoisotopic (exact) mass is 276 g/mol. The SMILES string of the molecule is CC(C)CN1CCN(C(c2ccncc2)C(C)N)CC1. The summed E-state index contributed by atoms with van der Waals surface area (Å²) in [5, 5.41) is 0. The van der Waals surface area contributed by atoms with Gasteiger partial charge in [0.2, 0.25) is 0 Å². The van der Waals surface area contributed by atoms with Crippen molar-refractivity contribution < 1.29 is 0 Å². The minimum Gasteiger partial charge on any atom is -0.326 e. The minimum absolute atomic E-state index is 0.133. The van der Waals surface area contributed by atoms with E-state index in [1.54, 1.807) is 0 Å². The second-order valence-electron chi connectivity index (χ2n) is 6.31. The average molecular weight is 276 g/mol. The molecule has 4 nitrogen and oxygen atoms in total. The zero-order valence-corrected chi connectivity index (χ0v) is 13.0. The van der Waals surface area contributed by atoms with Crippen LogP contribution in [0.2, 0.25) is 0 Å². The molecular weight excluding hydrogens is 248 g/mol. The van der Waals surface area contributed by atoms with Gasteiger partial charge in [-0.1, -0.05) is 13.8 Å². The van der Waals surface area contributed by atoms with E-state index in [1.165, 1.54) is 12.1 Å². The molecule has 0 amide bonds. The molecule has 2 unspecified atom stereocenters. The predicted octanol–water partition coefficient (Wildman–Crippen LogP) is 1.74. The van der Waals surface area contributed by atoms with Crippen LogP contribution in [-0.4, -0.2) is 53.5 Å². The fraction of sp³-hybridized carbons (Fsp3) is 0.688. The van der Waals surface area contributed by atoms with Crippen LogP contribution in [0, 0.1) is 5.92 Å². The third-order valence-electron chi connectivity index (χ3n) is 3.97. The normalized spacial score (nSPS) is 21.1. The van der Waals surface area contributed by atoms with E-state index in [9.17, 15) is 0 Å². The number of piperazine rings is 1. The van der Waals surface area contributed by atoms with E-state index in [0.717, 1.165) is 32.1 Å². The Balaban J connectivity index is 1.99. The quantitative estimate of drug-likeness (QED) is 0.890. The molecule has 2 rings (SSSR count). The fourth-order valence-corrected chi connectivity index (χ4v) is 3.15. The van der Waals surface area contributed by atoms with Gasteiger partial charge in [-0.25, -0.2) is 0 Å². The second-order valence-corrected chi connectivity index (χ2v) is 6.31. The Morgan fingerprint density at radius 3 is 2.20 bits per heavy atom. The molecule has 0 aliphatic carbocycles. The largest absolute Gasteiger partial charge is 0.326 e. The molecule has 0 aromatic carbocycles. The van der Waals surface area contributed by atoms with E-state index in [2.05, 4.69) is 47.7 Å². The standard InChI is InChI=1S/C16H28N4/c1-13(2)12-19-8-10-20(11-9-19)16(14(3)17)15-4-6-18-7-5-15/h4-7,13-14,16H,8-12,17H2,1-3H3. The molecule has 112 valence electrons. The zero-order valence-electron chi connectivity index (χ0n) is 13.0. The highest BCUT2D eigenvalue weighted by Crippen LogP contribution is 2.24. The minimum atomic E-state index is 0.133. The van der Waals surface area contributed by atoms with Gasteiger partial charge in [0.05, 0.1) is 0 Å². The molecule has 0 saturated carbocycles. The smallest absolute Gasteiger partial charge is 0.0498 e. The number of rotatable bonds is 5. The summed E-state index contributed by atoms with van der Waals surface area (Å²) in [5.74, 6) is 0.742. The molecule has 2 heterocycles. The summed E-state index contributed by atoms with van der Waals surface area (Å²) in [6.45, 7) is 12.4. The second kappa shape index (κ2) is 7.16. The maximum absolute atomic E-state index is 6.24. The Morgan fingerprint density at radius 2 is 1.70 bits per heavy atom. The van der Waals surface area contributed by atoms with E-state index in [-0.39, 0.29) is 6.04 Å². The Labute approximate surface area is 123 Å². The van der Waals surface area contributed by atoms with Crippen molar-refractivity contribution in [3.8, 4) is 0 Å². The third kappa shape index (κ3) is 4.01. The highest BCUT2D eigenvalue weighted by atomic mass is 15.3. The van der Waals surface area contributed by atoms with Crippen LogP contribution in [0.4, 0.5) is 0 Å². The first-order valence-corrected chi connectivity index (χ1v) is 7.70. The topological polar surface area (TPSA) is 45.4 Å². The summed E-state index contributed by atoms with van der Waals surface area (Å²) in [7, 11) is 0. The van der Waals surface area contributed by atoms with Crippen LogP contribution < -0.4 is 5.73 Å². The van der Waals surface area contributed by atoms with Crippen LogP contribution >= 0.6 is 0 Å². The van der Waals surface area contributed by atoms with E-state index in [4.69, 9.17) is 5.73 Å². The van der Waals surface area contributed by atoms with E-state index in [0.29, 0.717) is 6.04 Å². The van der Waals surface area contributed by atoms with Crippen molar-refractivity contribution >= 4 is 0 Å². The molecular formula is C16H28N4. The van der Waals surface area contributed by atoms with E-state index < -0.39 is 0 Å². The molecule has 1 aromatic rings. The van der Waals surface area contributed by atoms with Gasteiger partial charge >= 0.3 is 0 Å². The van der Waals surface area contributed by atoms with Crippen LogP contribution in [0.3, 0.4) is 0 Å². The van der Waals surface area contributed by atoms with Crippen molar-refractivity contribution in [2.45, 2.75) is 32.9 Å². The Hall–Kier alpha value is -0.970. The maximum Gasteiger partial charge on any atom is 0.0498 e. The molecule has 1 saturated heterocycles. The first-order valence-electron chi connectivity index (χ1n) is 7.70. The van der Waals surface area contributed by atoms with Gasteiger partial charge in [0.1, 0.15) is 0 Å². The van der Waals surface area contributed by atoms with Crippen LogP contribution in [0.15, 0.2) is 24.5 Å². The van der Waals surface area contributed by atoms with Crippen LogP contribution in [0.25, 0.3) is 0 Å². The molecule has 1 fully saturated rings. The van der Waals surface area contributed by atoms with Gasteiger partial charge in [0.15, 0.2) is 0 Å². The number of nitrogens with zero attached hydrogens (tertiary/aromatic N) is 3. The molecule has 0 spiro atoms. The molecule has 20 heavy (non-hydrogen) atoms. The zero-order chi connectivity index (χ0) is 14.5. The van der Waals surface area contributed by atoms with Crippen LogP contribution in [0.5, 0.6) is 0 Å². The first kappa shape index (κ1) is 15.4. The number of aromatic nitrogens is 1. The van der Waals surface area contributed by atoms with Crippen molar-refractivity contribution in [3.05, 3.63) is 30.1 Å². The lowest BCUT2D eigenvalue weighted by Crippen LogP contribution is -2.51. The highest BCUT2D eigenvalue weighted by molar-refractivity contribution is 5.17.